The second-order valence-corrected chi connectivity index (χ2v) is 6.90. The summed E-state index contributed by atoms with van der Waals surface area (Å²) in [7, 11) is 1.42. The van der Waals surface area contributed by atoms with E-state index >= 15 is 0 Å². The summed E-state index contributed by atoms with van der Waals surface area (Å²) in [6.07, 6.45) is -0.527. The maximum Gasteiger partial charge on any atom is 0.408 e. The van der Waals surface area contributed by atoms with Gasteiger partial charge in [0.25, 0.3) is 0 Å². The van der Waals surface area contributed by atoms with Gasteiger partial charge >= 0.3 is 12.1 Å². The van der Waals surface area contributed by atoms with Gasteiger partial charge in [-0.15, -0.1) is 11.3 Å². The van der Waals surface area contributed by atoms with Crippen LogP contribution in [0.4, 0.5) is 4.79 Å². The molecule has 0 fully saturated rings. The van der Waals surface area contributed by atoms with Gasteiger partial charge in [0, 0.05) is 6.07 Å². The van der Waals surface area contributed by atoms with Crippen LogP contribution in [0, 0.1) is 0 Å². The molecule has 0 radical (unpaired) electrons. The number of nitrogens with one attached hydrogen (secondary N) is 1. The minimum atomic E-state index is -1.08. The standard InChI is InChI=1S/C15H18N2O5S/c1-15(2,3)22-14(20)16-7-12-17-9-5-8(13(18)19)10(21-4)6-11(9)23-12/h5-6H,7H2,1-4H3,(H,16,20)(H,18,19). The predicted molar refractivity (Wildman–Crippen MR) is 86.2 cm³/mol. The van der Waals surface area contributed by atoms with E-state index in [0.29, 0.717) is 10.5 Å². The molecule has 0 bridgehead atoms. The second kappa shape index (κ2) is 6.41. The molecule has 1 heterocycles. The zero-order valence-electron chi connectivity index (χ0n) is 13.3. The summed E-state index contributed by atoms with van der Waals surface area (Å²) < 4.78 is 11.0. The number of aromatic carboxylic acids is 1. The Morgan fingerprint density at radius 2 is 2.04 bits per heavy atom. The Kier molecular flexibility index (Phi) is 4.74. The van der Waals surface area contributed by atoms with Crippen LogP contribution in [0.2, 0.25) is 0 Å². The Labute approximate surface area is 137 Å². The predicted octanol–water partition coefficient (Wildman–Crippen LogP) is 3.03. The number of thiazole rings is 1. The lowest BCUT2D eigenvalue weighted by Crippen LogP contribution is -2.32. The van der Waals surface area contributed by atoms with Crippen LogP contribution >= 0.6 is 11.3 Å². The maximum absolute atomic E-state index is 11.6. The van der Waals surface area contributed by atoms with Gasteiger partial charge in [-0.3, -0.25) is 0 Å². The van der Waals surface area contributed by atoms with Gasteiger partial charge in [0.05, 0.1) is 23.9 Å². The van der Waals surface area contributed by atoms with Crippen molar-refractivity contribution in [3.63, 3.8) is 0 Å². The quantitative estimate of drug-likeness (QED) is 0.889. The van der Waals surface area contributed by atoms with Gasteiger partial charge in [0.15, 0.2) is 0 Å². The van der Waals surface area contributed by atoms with Crippen molar-refractivity contribution >= 4 is 33.6 Å². The number of carboxylic acid groups (broad SMARTS) is 1. The SMILES string of the molecule is COc1cc2sc(CNC(=O)OC(C)(C)C)nc2cc1C(=O)O. The number of carbonyl (C=O) groups excluding carboxylic acids is 1. The van der Waals surface area contributed by atoms with Crippen molar-refractivity contribution in [3.8, 4) is 5.75 Å². The van der Waals surface area contributed by atoms with E-state index in [1.165, 1.54) is 24.5 Å². The largest absolute Gasteiger partial charge is 0.496 e. The molecule has 8 heteroatoms. The molecule has 0 atom stereocenters. The Bertz CT molecular complexity index is 748. The van der Waals surface area contributed by atoms with Crippen molar-refractivity contribution in [2.45, 2.75) is 32.9 Å². The first kappa shape index (κ1) is 17.0. The molecule has 1 aromatic heterocycles. The molecular formula is C15H18N2O5S. The van der Waals surface area contributed by atoms with E-state index in [-0.39, 0.29) is 17.9 Å². The topological polar surface area (TPSA) is 97.8 Å². The number of benzene rings is 1. The first-order chi connectivity index (χ1) is 10.7. The first-order valence-electron chi connectivity index (χ1n) is 6.87. The molecule has 0 aliphatic heterocycles. The van der Waals surface area contributed by atoms with Crippen molar-refractivity contribution in [3.05, 3.63) is 22.7 Å². The number of aromatic nitrogens is 1. The van der Waals surface area contributed by atoms with Gasteiger partial charge in [-0.1, -0.05) is 0 Å². The first-order valence-corrected chi connectivity index (χ1v) is 7.69. The molecule has 124 valence electrons. The van der Waals surface area contributed by atoms with Crippen LogP contribution in [0.3, 0.4) is 0 Å². The van der Waals surface area contributed by atoms with E-state index in [4.69, 9.17) is 14.6 Å². The maximum atomic E-state index is 11.6. The lowest BCUT2D eigenvalue weighted by Gasteiger charge is -2.19. The molecule has 0 aliphatic carbocycles. The van der Waals surface area contributed by atoms with Crippen molar-refractivity contribution in [1.29, 1.82) is 0 Å². The van der Waals surface area contributed by atoms with Gasteiger partial charge in [-0.05, 0) is 26.8 Å². The highest BCUT2D eigenvalue weighted by Crippen LogP contribution is 2.30. The van der Waals surface area contributed by atoms with E-state index in [1.807, 2.05) is 0 Å². The molecule has 2 aromatic rings. The number of fused-ring (bicyclic) bond motifs is 1. The van der Waals surface area contributed by atoms with E-state index in [1.54, 1.807) is 26.8 Å². The van der Waals surface area contributed by atoms with Crippen molar-refractivity contribution < 1.29 is 24.2 Å². The number of ether oxygens (including phenoxy) is 2. The number of carboxylic acids is 1. The Morgan fingerprint density at radius 3 is 2.61 bits per heavy atom. The van der Waals surface area contributed by atoms with Gasteiger partial charge in [-0.2, -0.15) is 0 Å². The highest BCUT2D eigenvalue weighted by atomic mass is 32.1. The lowest BCUT2D eigenvalue weighted by molar-refractivity contribution is 0.0523. The zero-order chi connectivity index (χ0) is 17.2. The molecule has 0 aliphatic rings. The normalized spacial score (nSPS) is 11.3. The number of methoxy groups -OCH3 is 1. The van der Waals surface area contributed by atoms with Crippen LogP contribution in [-0.4, -0.2) is 34.9 Å². The van der Waals surface area contributed by atoms with Crippen LogP contribution in [-0.2, 0) is 11.3 Å². The average molecular weight is 338 g/mol. The summed E-state index contributed by atoms with van der Waals surface area (Å²) in [5.74, 6) is -0.800. The van der Waals surface area contributed by atoms with E-state index in [2.05, 4.69) is 10.3 Å². The van der Waals surface area contributed by atoms with E-state index < -0.39 is 17.7 Å². The Morgan fingerprint density at radius 1 is 1.35 bits per heavy atom. The summed E-state index contributed by atoms with van der Waals surface area (Å²) >= 11 is 1.35. The van der Waals surface area contributed by atoms with Crippen molar-refractivity contribution in [2.75, 3.05) is 7.11 Å². The highest BCUT2D eigenvalue weighted by Gasteiger charge is 2.17. The van der Waals surface area contributed by atoms with E-state index in [9.17, 15) is 9.59 Å². The molecule has 2 rings (SSSR count). The van der Waals surface area contributed by atoms with Crippen molar-refractivity contribution in [2.24, 2.45) is 0 Å². The van der Waals surface area contributed by atoms with Crippen LogP contribution in [0.1, 0.15) is 36.1 Å². The summed E-state index contributed by atoms with van der Waals surface area (Å²) in [6, 6.07) is 3.09. The van der Waals surface area contributed by atoms with Crippen molar-refractivity contribution in [1.82, 2.24) is 10.3 Å². The third kappa shape index (κ3) is 4.32. The van der Waals surface area contributed by atoms with Crippen LogP contribution in [0.25, 0.3) is 10.2 Å². The second-order valence-electron chi connectivity index (χ2n) is 5.79. The number of rotatable bonds is 4. The molecule has 7 nitrogen and oxygen atoms in total. The molecule has 23 heavy (non-hydrogen) atoms. The van der Waals surface area contributed by atoms with Gasteiger partial charge in [0.1, 0.15) is 21.9 Å². The fourth-order valence-electron chi connectivity index (χ4n) is 1.88. The molecule has 1 amide bonds. The summed E-state index contributed by atoms with van der Waals surface area (Å²) in [6.45, 7) is 5.55. The minimum absolute atomic E-state index is 0.0527. The number of amides is 1. The molecule has 0 saturated heterocycles. The minimum Gasteiger partial charge on any atom is -0.496 e. The average Bonchev–Trinajstić information content (AvgIpc) is 2.83. The molecule has 1 aromatic carbocycles. The highest BCUT2D eigenvalue weighted by molar-refractivity contribution is 7.18. The fraction of sp³-hybridized carbons (Fsp3) is 0.400. The molecule has 0 spiro atoms. The third-order valence-corrected chi connectivity index (χ3v) is 3.79. The Balaban J connectivity index is 2.17. The molecule has 0 saturated carbocycles. The summed E-state index contributed by atoms with van der Waals surface area (Å²) in [4.78, 5) is 27.2. The third-order valence-electron chi connectivity index (χ3n) is 2.77. The number of hydrogen-bond donors (Lipinski definition) is 2. The number of hydrogen-bond acceptors (Lipinski definition) is 6. The molecule has 2 N–H and O–H groups in total. The van der Waals surface area contributed by atoms with Gasteiger partial charge < -0.3 is 19.9 Å². The van der Waals surface area contributed by atoms with Gasteiger partial charge in [-0.25, -0.2) is 14.6 Å². The summed E-state index contributed by atoms with van der Waals surface area (Å²) in [5, 5.41) is 12.4. The summed E-state index contributed by atoms with van der Waals surface area (Å²) in [5.41, 5.74) is 0.0349. The fourth-order valence-corrected chi connectivity index (χ4v) is 2.79. The van der Waals surface area contributed by atoms with E-state index in [0.717, 1.165) is 4.70 Å². The zero-order valence-corrected chi connectivity index (χ0v) is 14.1. The van der Waals surface area contributed by atoms with Gasteiger partial charge in [0.2, 0.25) is 0 Å². The van der Waals surface area contributed by atoms with Crippen LogP contribution < -0.4 is 10.1 Å². The molecular weight excluding hydrogens is 320 g/mol. The smallest absolute Gasteiger partial charge is 0.408 e. The van der Waals surface area contributed by atoms with Crippen LogP contribution in [0.15, 0.2) is 12.1 Å². The monoisotopic (exact) mass is 338 g/mol. The number of carbonyl (C=O) groups is 2. The Hall–Kier alpha value is -2.35. The lowest BCUT2D eigenvalue weighted by atomic mass is 10.2. The van der Waals surface area contributed by atoms with Crippen LogP contribution in [0.5, 0.6) is 5.75 Å². The molecule has 0 unspecified atom stereocenters. The number of alkyl carbamates (subject to hydrolysis) is 1. The number of nitrogens with zero attached hydrogens (tertiary/aromatic N) is 1.